The summed E-state index contributed by atoms with van der Waals surface area (Å²) in [6.45, 7) is 0.377. The molecule has 2 N–H and O–H groups in total. The Morgan fingerprint density at radius 3 is 2.10 bits per heavy atom. The van der Waals surface area contributed by atoms with Gasteiger partial charge in [0.1, 0.15) is 0 Å². The number of halogens is 1. The molecule has 1 saturated heterocycles. The van der Waals surface area contributed by atoms with Crippen LogP contribution in [0.3, 0.4) is 0 Å². The summed E-state index contributed by atoms with van der Waals surface area (Å²) in [5.74, 6) is 0.0945. The number of carbonyl (C=O) groups is 1. The molecular formula is C23H22ClN3O3S. The highest BCUT2D eigenvalue weighted by molar-refractivity contribution is 7.93. The maximum absolute atomic E-state index is 12.8. The summed E-state index contributed by atoms with van der Waals surface area (Å²) in [7, 11) is -3.38. The topological polar surface area (TPSA) is 78.5 Å². The van der Waals surface area contributed by atoms with Crippen molar-refractivity contribution in [2.24, 2.45) is 0 Å². The third-order valence-corrected chi connectivity index (χ3v) is 7.29. The van der Waals surface area contributed by atoms with Crippen LogP contribution in [0.25, 0.3) is 0 Å². The first-order valence-corrected chi connectivity index (χ1v) is 11.9. The number of amides is 2. The second kappa shape index (κ2) is 8.99. The van der Waals surface area contributed by atoms with Crippen molar-refractivity contribution in [3.63, 3.8) is 0 Å². The second-order valence-corrected chi connectivity index (χ2v) is 9.68. The average Bonchev–Trinajstić information content (AvgIpc) is 3.13. The van der Waals surface area contributed by atoms with Gasteiger partial charge in [-0.15, -0.1) is 0 Å². The van der Waals surface area contributed by atoms with E-state index in [1.54, 1.807) is 18.2 Å². The van der Waals surface area contributed by atoms with Gasteiger partial charge < -0.3 is 10.6 Å². The summed E-state index contributed by atoms with van der Waals surface area (Å²) < 4.78 is 25.9. The van der Waals surface area contributed by atoms with E-state index in [9.17, 15) is 13.2 Å². The van der Waals surface area contributed by atoms with Crippen molar-refractivity contribution < 1.29 is 13.2 Å². The van der Waals surface area contributed by atoms with E-state index in [0.29, 0.717) is 29.4 Å². The lowest BCUT2D eigenvalue weighted by molar-refractivity contribution is 0.250. The normalized spacial score (nSPS) is 15.1. The maximum atomic E-state index is 12.8. The maximum Gasteiger partial charge on any atom is 0.319 e. The van der Waals surface area contributed by atoms with Gasteiger partial charge in [0.15, 0.2) is 0 Å². The molecule has 0 saturated carbocycles. The van der Waals surface area contributed by atoms with Gasteiger partial charge in [0, 0.05) is 12.2 Å². The lowest BCUT2D eigenvalue weighted by Crippen LogP contribution is -2.33. The zero-order valence-corrected chi connectivity index (χ0v) is 18.2. The Balaban J connectivity index is 1.56. The summed E-state index contributed by atoms with van der Waals surface area (Å²) in [4.78, 5) is 12.8. The van der Waals surface area contributed by atoms with Gasteiger partial charge in [-0.25, -0.2) is 13.2 Å². The Morgan fingerprint density at radius 1 is 0.935 bits per heavy atom. The third-order valence-electron chi connectivity index (χ3n) is 5.11. The first-order valence-electron chi connectivity index (χ1n) is 9.91. The fourth-order valence-corrected chi connectivity index (χ4v) is 5.48. The van der Waals surface area contributed by atoms with Crippen LogP contribution < -0.4 is 14.9 Å². The van der Waals surface area contributed by atoms with Crippen LogP contribution in [0.1, 0.15) is 23.6 Å². The Hall–Kier alpha value is -3.03. The molecule has 1 fully saturated rings. The third kappa shape index (κ3) is 4.84. The Kier molecular flexibility index (Phi) is 6.15. The zero-order valence-electron chi connectivity index (χ0n) is 16.7. The second-order valence-electron chi connectivity index (χ2n) is 7.26. The Labute approximate surface area is 186 Å². The average molecular weight is 456 g/mol. The summed E-state index contributed by atoms with van der Waals surface area (Å²) in [5, 5.41) is 6.13. The largest absolute Gasteiger partial charge is 0.327 e. The van der Waals surface area contributed by atoms with Crippen molar-refractivity contribution in [3.8, 4) is 0 Å². The molecule has 0 radical (unpaired) electrons. The molecule has 31 heavy (non-hydrogen) atoms. The molecule has 1 aliphatic rings. The number of nitrogens with zero attached hydrogens (tertiary/aromatic N) is 1. The Morgan fingerprint density at radius 2 is 1.55 bits per heavy atom. The number of hydrogen-bond acceptors (Lipinski definition) is 3. The molecule has 0 spiro atoms. The number of benzene rings is 3. The standard InChI is InChI=1S/C23H22ClN3O3S/c24-20-13-12-19(16-21(20)27-14-7-15-31(27,29)30)25-23(28)26-22(17-8-3-1-4-9-17)18-10-5-2-6-11-18/h1-6,8-13,16,22H,7,14-15H2,(H2,25,26,28). The van der Waals surface area contributed by atoms with E-state index in [2.05, 4.69) is 10.6 Å². The molecule has 1 heterocycles. The molecule has 0 bridgehead atoms. The minimum Gasteiger partial charge on any atom is -0.327 e. The van der Waals surface area contributed by atoms with E-state index in [-0.39, 0.29) is 11.8 Å². The molecule has 160 valence electrons. The van der Waals surface area contributed by atoms with Crippen LogP contribution in [0.5, 0.6) is 0 Å². The minimum absolute atomic E-state index is 0.0945. The Bertz CT molecular complexity index is 1130. The van der Waals surface area contributed by atoms with Gasteiger partial charge in [0.2, 0.25) is 10.0 Å². The summed E-state index contributed by atoms with van der Waals surface area (Å²) in [6, 6.07) is 23.4. The van der Waals surface area contributed by atoms with Crippen LogP contribution in [0.4, 0.5) is 16.2 Å². The highest BCUT2D eigenvalue weighted by Crippen LogP contribution is 2.33. The van der Waals surface area contributed by atoms with Crippen LogP contribution in [0, 0.1) is 0 Å². The fourth-order valence-electron chi connectivity index (χ4n) is 3.64. The molecule has 0 atom stereocenters. The van der Waals surface area contributed by atoms with Gasteiger partial charge in [-0.1, -0.05) is 72.3 Å². The number of hydrogen-bond donors (Lipinski definition) is 2. The number of nitrogens with one attached hydrogen (secondary N) is 2. The zero-order chi connectivity index (χ0) is 21.8. The molecule has 0 aliphatic carbocycles. The minimum atomic E-state index is -3.38. The van der Waals surface area contributed by atoms with Crippen LogP contribution in [-0.2, 0) is 10.0 Å². The number of sulfonamides is 1. The number of anilines is 2. The molecule has 4 rings (SSSR count). The van der Waals surface area contributed by atoms with Crippen LogP contribution in [0.2, 0.25) is 5.02 Å². The molecular weight excluding hydrogens is 434 g/mol. The lowest BCUT2D eigenvalue weighted by Gasteiger charge is -2.21. The van der Waals surface area contributed by atoms with Gasteiger partial charge in [-0.2, -0.15) is 0 Å². The van der Waals surface area contributed by atoms with E-state index in [1.807, 2.05) is 60.7 Å². The smallest absolute Gasteiger partial charge is 0.319 e. The van der Waals surface area contributed by atoms with Crippen molar-refractivity contribution >= 4 is 39.0 Å². The molecule has 3 aromatic rings. The molecule has 0 aromatic heterocycles. The van der Waals surface area contributed by atoms with E-state index in [4.69, 9.17) is 11.6 Å². The molecule has 8 heteroatoms. The van der Waals surface area contributed by atoms with Crippen molar-refractivity contribution in [2.45, 2.75) is 12.5 Å². The predicted octanol–water partition coefficient (Wildman–Crippen LogP) is 4.79. The summed E-state index contributed by atoms with van der Waals surface area (Å²) in [6.07, 6.45) is 0.548. The number of carbonyl (C=O) groups excluding carboxylic acids is 1. The van der Waals surface area contributed by atoms with E-state index >= 15 is 0 Å². The molecule has 2 amide bonds. The number of rotatable bonds is 5. The van der Waals surface area contributed by atoms with Gasteiger partial charge in [-0.05, 0) is 35.7 Å². The molecule has 1 aliphatic heterocycles. The molecule has 6 nitrogen and oxygen atoms in total. The van der Waals surface area contributed by atoms with E-state index in [1.165, 1.54) is 4.31 Å². The van der Waals surface area contributed by atoms with Gasteiger partial charge in [0.25, 0.3) is 0 Å². The van der Waals surface area contributed by atoms with Crippen LogP contribution in [-0.4, -0.2) is 26.7 Å². The van der Waals surface area contributed by atoms with Crippen molar-refractivity contribution in [3.05, 3.63) is 95.0 Å². The fraction of sp³-hybridized carbons (Fsp3) is 0.174. The van der Waals surface area contributed by atoms with E-state index in [0.717, 1.165) is 11.1 Å². The SMILES string of the molecule is O=C(Nc1ccc(Cl)c(N2CCCS2(=O)=O)c1)NC(c1ccccc1)c1ccccc1. The van der Waals surface area contributed by atoms with Gasteiger partial charge >= 0.3 is 6.03 Å². The molecule has 3 aromatic carbocycles. The molecule has 0 unspecified atom stereocenters. The highest BCUT2D eigenvalue weighted by Gasteiger charge is 2.30. The van der Waals surface area contributed by atoms with E-state index < -0.39 is 16.1 Å². The van der Waals surface area contributed by atoms with Crippen molar-refractivity contribution in [1.82, 2.24) is 5.32 Å². The highest BCUT2D eigenvalue weighted by atomic mass is 35.5. The summed E-state index contributed by atoms with van der Waals surface area (Å²) in [5.41, 5.74) is 2.73. The number of urea groups is 1. The van der Waals surface area contributed by atoms with Gasteiger partial charge in [0.05, 0.1) is 22.5 Å². The van der Waals surface area contributed by atoms with Crippen molar-refractivity contribution in [2.75, 3.05) is 21.9 Å². The first kappa shape index (κ1) is 21.2. The van der Waals surface area contributed by atoms with Crippen LogP contribution >= 0.6 is 11.6 Å². The quantitative estimate of drug-likeness (QED) is 0.580. The predicted molar refractivity (Wildman–Crippen MR) is 124 cm³/mol. The monoisotopic (exact) mass is 455 g/mol. The first-order chi connectivity index (χ1) is 14.9. The van der Waals surface area contributed by atoms with Crippen LogP contribution in [0.15, 0.2) is 78.9 Å². The summed E-state index contributed by atoms with van der Waals surface area (Å²) >= 11 is 6.25. The van der Waals surface area contributed by atoms with Crippen molar-refractivity contribution in [1.29, 1.82) is 0 Å². The lowest BCUT2D eigenvalue weighted by atomic mass is 9.99. The van der Waals surface area contributed by atoms with Gasteiger partial charge in [-0.3, -0.25) is 4.31 Å².